The summed E-state index contributed by atoms with van der Waals surface area (Å²) in [6.45, 7) is 4.00. The van der Waals surface area contributed by atoms with Gasteiger partial charge in [0, 0.05) is 5.56 Å². The average molecular weight is 359 g/mol. The Bertz CT molecular complexity index is 1210. The van der Waals surface area contributed by atoms with Crippen molar-refractivity contribution < 1.29 is 9.21 Å². The molecule has 0 spiro atoms. The topological polar surface area (TPSA) is 77.1 Å². The molecular weight excluding hydrogens is 342 g/mol. The lowest BCUT2D eigenvalue weighted by molar-refractivity contribution is 0.0981. The highest BCUT2D eigenvalue weighted by molar-refractivity contribution is 5.98. The van der Waals surface area contributed by atoms with Crippen molar-refractivity contribution >= 4 is 16.8 Å². The minimum Gasteiger partial charge on any atom is -0.459 e. The minimum atomic E-state index is -0.524. The van der Waals surface area contributed by atoms with Crippen LogP contribution in [0.4, 0.5) is 0 Å². The molecule has 4 aromatic rings. The van der Waals surface area contributed by atoms with Gasteiger partial charge in [0.2, 0.25) is 0 Å². The van der Waals surface area contributed by atoms with E-state index in [0.717, 1.165) is 16.7 Å². The van der Waals surface area contributed by atoms with Gasteiger partial charge < -0.3 is 4.42 Å². The van der Waals surface area contributed by atoms with E-state index in [1.165, 1.54) is 17.0 Å². The highest BCUT2D eigenvalue weighted by Crippen LogP contribution is 2.21. The molecule has 1 amide bonds. The summed E-state index contributed by atoms with van der Waals surface area (Å²) in [6, 6.07) is 16.0. The average Bonchev–Trinajstić information content (AvgIpc) is 3.21. The zero-order valence-corrected chi connectivity index (χ0v) is 14.9. The van der Waals surface area contributed by atoms with Crippen molar-refractivity contribution in [3.05, 3.63) is 88.1 Å². The lowest BCUT2D eigenvalue weighted by Crippen LogP contribution is -2.35. The van der Waals surface area contributed by atoms with Crippen molar-refractivity contribution in [3.63, 3.8) is 0 Å². The van der Waals surface area contributed by atoms with Crippen molar-refractivity contribution in [1.82, 2.24) is 9.66 Å². The Hall–Kier alpha value is -3.67. The van der Waals surface area contributed by atoms with Crippen LogP contribution in [0.2, 0.25) is 0 Å². The number of rotatable bonds is 3. The van der Waals surface area contributed by atoms with E-state index < -0.39 is 5.91 Å². The number of nitrogens with zero attached hydrogens (tertiary/aromatic N) is 2. The van der Waals surface area contributed by atoms with E-state index in [1.54, 1.807) is 24.3 Å². The summed E-state index contributed by atoms with van der Waals surface area (Å²) >= 11 is 0. The summed E-state index contributed by atoms with van der Waals surface area (Å²) in [4.78, 5) is 30.2. The molecule has 0 atom stereocenters. The van der Waals surface area contributed by atoms with E-state index in [1.807, 2.05) is 38.1 Å². The zero-order chi connectivity index (χ0) is 19.0. The summed E-state index contributed by atoms with van der Waals surface area (Å²) in [6.07, 6.45) is 1.40. The van der Waals surface area contributed by atoms with Crippen LogP contribution in [0.1, 0.15) is 21.7 Å². The van der Waals surface area contributed by atoms with Gasteiger partial charge in [-0.05, 0) is 55.3 Å². The van der Waals surface area contributed by atoms with Crippen LogP contribution in [-0.4, -0.2) is 15.6 Å². The van der Waals surface area contributed by atoms with E-state index in [0.29, 0.717) is 16.7 Å². The van der Waals surface area contributed by atoms with Gasteiger partial charge in [-0.25, -0.2) is 4.98 Å². The van der Waals surface area contributed by atoms with Gasteiger partial charge in [0.1, 0.15) is 0 Å². The number of para-hydroxylation sites is 1. The van der Waals surface area contributed by atoms with Crippen LogP contribution in [0.25, 0.3) is 22.3 Å². The first kappa shape index (κ1) is 16.8. The molecule has 4 rings (SSSR count). The first-order chi connectivity index (χ1) is 13.0. The maximum absolute atomic E-state index is 13.1. The smallest absolute Gasteiger partial charge is 0.305 e. The van der Waals surface area contributed by atoms with E-state index in [-0.39, 0.29) is 11.3 Å². The van der Waals surface area contributed by atoms with E-state index in [2.05, 4.69) is 10.4 Å². The van der Waals surface area contributed by atoms with Crippen molar-refractivity contribution in [2.24, 2.45) is 0 Å². The van der Waals surface area contributed by atoms with Crippen LogP contribution < -0.4 is 11.0 Å². The number of nitrogens with one attached hydrogen (secondary N) is 1. The van der Waals surface area contributed by atoms with Crippen LogP contribution in [-0.2, 0) is 0 Å². The van der Waals surface area contributed by atoms with Gasteiger partial charge in [0.05, 0.1) is 17.2 Å². The Labute approximate surface area is 155 Å². The molecule has 134 valence electrons. The molecule has 0 saturated carbocycles. The summed E-state index contributed by atoms with van der Waals surface area (Å²) in [7, 11) is 0. The number of benzene rings is 2. The monoisotopic (exact) mass is 359 g/mol. The predicted octanol–water partition coefficient (Wildman–Crippen LogP) is 3.66. The second kappa shape index (κ2) is 6.57. The fourth-order valence-electron chi connectivity index (χ4n) is 2.87. The van der Waals surface area contributed by atoms with Gasteiger partial charge in [-0.1, -0.05) is 24.3 Å². The van der Waals surface area contributed by atoms with Crippen molar-refractivity contribution in [2.45, 2.75) is 13.8 Å². The van der Waals surface area contributed by atoms with Crippen molar-refractivity contribution in [1.29, 1.82) is 0 Å². The van der Waals surface area contributed by atoms with Crippen molar-refractivity contribution in [3.8, 4) is 11.4 Å². The number of amides is 1. The molecule has 0 saturated heterocycles. The predicted molar refractivity (Wildman–Crippen MR) is 103 cm³/mol. The quantitative estimate of drug-likeness (QED) is 0.606. The molecule has 0 radical (unpaired) electrons. The fourth-order valence-corrected chi connectivity index (χ4v) is 2.87. The lowest BCUT2D eigenvalue weighted by Gasteiger charge is -2.14. The molecule has 0 bridgehead atoms. The molecule has 6 heteroatoms. The molecule has 0 fully saturated rings. The minimum absolute atomic E-state index is 0.112. The Morgan fingerprint density at radius 2 is 1.85 bits per heavy atom. The number of fused-ring (bicyclic) bond motifs is 1. The van der Waals surface area contributed by atoms with E-state index in [9.17, 15) is 9.59 Å². The highest BCUT2D eigenvalue weighted by atomic mass is 16.3. The summed E-state index contributed by atoms with van der Waals surface area (Å²) in [5.74, 6) is -0.0490. The van der Waals surface area contributed by atoms with Gasteiger partial charge >= 0.3 is 5.91 Å². The normalized spacial score (nSPS) is 10.9. The number of hydrogen-bond donors (Lipinski definition) is 1. The van der Waals surface area contributed by atoms with Gasteiger partial charge in [-0.3, -0.25) is 15.0 Å². The summed E-state index contributed by atoms with van der Waals surface area (Å²) < 4.78 is 6.31. The molecule has 0 unspecified atom stereocenters. The molecule has 2 heterocycles. The molecular formula is C21H17N3O3. The van der Waals surface area contributed by atoms with E-state index >= 15 is 0 Å². The largest absolute Gasteiger partial charge is 0.459 e. The SMILES string of the molecule is Cc1ccc(-c2nc3ccccc3c(=O)n2NC(=O)c2ccco2)cc1C. The summed E-state index contributed by atoms with van der Waals surface area (Å²) in [5, 5.41) is 0.421. The molecule has 0 aliphatic rings. The van der Waals surface area contributed by atoms with Gasteiger partial charge in [0.25, 0.3) is 5.56 Å². The highest BCUT2D eigenvalue weighted by Gasteiger charge is 2.17. The Morgan fingerprint density at radius 1 is 1.04 bits per heavy atom. The molecule has 0 aliphatic carbocycles. The van der Waals surface area contributed by atoms with Crippen LogP contribution in [0, 0.1) is 13.8 Å². The number of furan rings is 1. The number of hydrogen-bond acceptors (Lipinski definition) is 4. The third kappa shape index (κ3) is 3.01. The third-order valence-corrected chi connectivity index (χ3v) is 4.50. The molecule has 2 aromatic heterocycles. The van der Waals surface area contributed by atoms with E-state index in [4.69, 9.17) is 4.42 Å². The van der Waals surface area contributed by atoms with Gasteiger partial charge in [-0.15, -0.1) is 0 Å². The second-order valence-corrected chi connectivity index (χ2v) is 6.31. The van der Waals surface area contributed by atoms with Gasteiger partial charge in [-0.2, -0.15) is 4.68 Å². The second-order valence-electron chi connectivity index (χ2n) is 6.31. The Morgan fingerprint density at radius 3 is 2.59 bits per heavy atom. The first-order valence-electron chi connectivity index (χ1n) is 8.49. The number of carbonyl (C=O) groups excluding carboxylic acids is 1. The van der Waals surface area contributed by atoms with Crippen LogP contribution in [0.5, 0.6) is 0 Å². The fraction of sp³-hybridized carbons (Fsp3) is 0.0952. The molecule has 6 nitrogen and oxygen atoms in total. The maximum Gasteiger partial charge on any atom is 0.305 e. The van der Waals surface area contributed by atoms with Crippen LogP contribution >= 0.6 is 0 Å². The molecule has 0 aliphatic heterocycles. The Kier molecular flexibility index (Phi) is 4.08. The van der Waals surface area contributed by atoms with Gasteiger partial charge in [0.15, 0.2) is 11.6 Å². The van der Waals surface area contributed by atoms with Crippen LogP contribution in [0.15, 0.2) is 70.1 Å². The Balaban J connectivity index is 1.94. The van der Waals surface area contributed by atoms with Crippen molar-refractivity contribution in [2.75, 3.05) is 5.43 Å². The molecule has 2 aromatic carbocycles. The molecule has 1 N–H and O–H groups in total. The standard InChI is InChI=1S/C21H17N3O3/c1-13-9-10-15(12-14(13)2)19-22-17-7-4-3-6-16(17)21(26)24(19)23-20(25)18-8-5-11-27-18/h3-12H,1-2H3,(H,23,25). The maximum atomic E-state index is 13.1. The zero-order valence-electron chi connectivity index (χ0n) is 14.9. The third-order valence-electron chi connectivity index (χ3n) is 4.50. The number of aryl methyl sites for hydroxylation is 2. The number of aromatic nitrogens is 2. The lowest BCUT2D eigenvalue weighted by atomic mass is 10.1. The van der Waals surface area contributed by atoms with Crippen LogP contribution in [0.3, 0.4) is 0 Å². The summed E-state index contributed by atoms with van der Waals surface area (Å²) in [5.41, 5.74) is 5.77. The molecule has 27 heavy (non-hydrogen) atoms. The first-order valence-corrected chi connectivity index (χ1v) is 8.49. The number of carbonyl (C=O) groups is 1.